The van der Waals surface area contributed by atoms with Crippen LogP contribution in [-0.2, 0) is 172 Å². The molecule has 0 spiro atoms. The first kappa shape index (κ1) is 120. The van der Waals surface area contributed by atoms with Crippen LogP contribution in [0, 0.1) is 6.92 Å². The smallest absolute Gasteiger partial charge is 0.311 e. The third kappa shape index (κ3) is 46.4. The number of ether oxygens (including phenoxy) is 9. The van der Waals surface area contributed by atoms with E-state index in [-0.39, 0.29) is 47.9 Å². The van der Waals surface area contributed by atoms with Crippen LogP contribution in [0.15, 0.2) is 193 Å². The van der Waals surface area contributed by atoms with Crippen LogP contribution in [0.25, 0.3) is 0 Å². The van der Waals surface area contributed by atoms with Gasteiger partial charge < -0.3 is 47.9 Å². The van der Waals surface area contributed by atoms with Gasteiger partial charge in [-0.05, 0) is 136 Å². The van der Waals surface area contributed by atoms with Crippen molar-refractivity contribution in [3.05, 3.63) is 267 Å². The molecule has 0 bridgehead atoms. The molecule has 0 saturated carbocycles. The van der Waals surface area contributed by atoms with Gasteiger partial charge >= 0.3 is 29.8 Å². The largest absolute Gasteiger partial charge is 0.490 e. The summed E-state index contributed by atoms with van der Waals surface area (Å²) >= 11 is 1.25. The van der Waals surface area contributed by atoms with Gasteiger partial charge in [0, 0.05) is 149 Å². The lowest BCUT2D eigenvalue weighted by Gasteiger charge is -2.15. The minimum absolute atomic E-state index is 0.0108. The van der Waals surface area contributed by atoms with Crippen molar-refractivity contribution in [1.82, 2.24) is 110 Å². The summed E-state index contributed by atoms with van der Waals surface area (Å²) in [7, 11) is 55.2. The van der Waals surface area contributed by atoms with Crippen molar-refractivity contribution in [1.29, 1.82) is 0 Å². The SMILES string of the molecule is [B]Cc1cc(C)c(OC(C)=O)c(OCCCc2cn(C)nn2)c1.[B]Cc1ccc(OC(=O)CCC)c(OCCCc2cn(C)nn2)c1.[B]Cc1ccc(OC(=O)CCc2cn(C)nn2)cc1.[B]Cc1ccc(OC(C)=O)c(OCCCc2cn(C)nn2)c1.[B]Cc1ccc(OC(C)=O)c(OCc2cn(C)nn2)c1.[B]Cc1ccc(SC(=O)CCc2cn(C)nn2)cc1.[B]Cc1ccc(SSCCNC(=O)Cc2cnnn2C)cc1. The van der Waals surface area contributed by atoms with Crippen molar-refractivity contribution in [3.8, 4) is 51.7 Å². The van der Waals surface area contributed by atoms with Crippen molar-refractivity contribution < 1.29 is 76.2 Å². The summed E-state index contributed by atoms with van der Waals surface area (Å²) in [5, 5.41) is 57.5. The first-order valence-corrected chi connectivity index (χ1v) is 50.8. The molecule has 0 saturated heterocycles. The normalized spacial score (nSPS) is 10.5. The number of aromatic nitrogens is 21. The summed E-state index contributed by atoms with van der Waals surface area (Å²) in [5.74, 6) is 3.36. The second-order valence-electron chi connectivity index (χ2n) is 33.1. The maximum absolute atomic E-state index is 11.8. The molecule has 14 aromatic rings. The van der Waals surface area contributed by atoms with Crippen molar-refractivity contribution in [2.24, 2.45) is 49.3 Å². The van der Waals surface area contributed by atoms with E-state index >= 15 is 0 Å². The number of carbonyl (C=O) groups excluding carboxylic acids is 7. The highest BCUT2D eigenvalue weighted by molar-refractivity contribution is 8.76. The highest BCUT2D eigenvalue weighted by Gasteiger charge is 2.19. The summed E-state index contributed by atoms with van der Waals surface area (Å²) < 4.78 is 60.5. The molecule has 1 N–H and O–H groups in total. The first-order chi connectivity index (χ1) is 71.8. The number of nitrogens with one attached hydrogen (secondary N) is 1. The van der Waals surface area contributed by atoms with Gasteiger partial charge in [-0.15, -0.1) is 35.7 Å². The Kier molecular flexibility index (Phi) is 53.2. The molecule has 1 amide bonds. The van der Waals surface area contributed by atoms with Crippen LogP contribution < -0.4 is 47.9 Å². The van der Waals surface area contributed by atoms with Crippen LogP contribution in [0.1, 0.15) is 157 Å². The monoisotopic (exact) mass is 2070 g/mol. The molecule has 0 unspecified atom stereocenters. The van der Waals surface area contributed by atoms with Gasteiger partial charge in [0.25, 0.3) is 0 Å². The van der Waals surface area contributed by atoms with E-state index in [1.165, 1.54) is 37.4 Å². The van der Waals surface area contributed by atoms with Gasteiger partial charge in [-0.3, -0.25) is 66.3 Å². The molecular formula is C101H119B7N22O16S3. The molecule has 38 nitrogen and oxygen atoms in total. The third-order valence-corrected chi connectivity index (χ3v) is 23.7. The van der Waals surface area contributed by atoms with Gasteiger partial charge in [0.2, 0.25) is 5.91 Å². The number of carbonyl (C=O) groups is 7. The molecule has 14 rings (SSSR count). The zero-order valence-corrected chi connectivity index (χ0v) is 88.3. The number of hydrogen-bond donors (Lipinski definition) is 1. The van der Waals surface area contributed by atoms with E-state index in [9.17, 15) is 33.6 Å². The molecule has 0 atom stereocenters. The fraction of sp³-hybridized carbons (Fsp3) is 0.376. The molecule has 0 fully saturated rings. The summed E-state index contributed by atoms with van der Waals surface area (Å²) in [4.78, 5) is 82.5. The topological polar surface area (TPSA) is 430 Å². The Balaban J connectivity index is 0.000000212. The summed E-state index contributed by atoms with van der Waals surface area (Å²) in [6.07, 6.45) is 23.7. The summed E-state index contributed by atoms with van der Waals surface area (Å²) in [6, 6.07) is 42.7. The standard InChI is InChI=1S/C17H22BN3O3.C16H20BN3O3.C15H18BN3O3.C14H17BN4OS2.C13H14BN3O3.C13H14BN3O2.C13H14BN3OS/c1-3-5-17(22)24-15-8-7-13(11-18)10-16(15)23-9-4-6-14-12-21(2)20-19-14;1-11-7-13(9-17)8-15(16(11)23-12(2)21)22-6-4-5-14-10-20(3)19-18-14;1-11(20)22-14-6-5-12(9-16)8-15(14)21-7-3-4-13-10-19(2)18-17-13;1-19-12(10-17-18-19)8-14(20)16-6-7-21-22-13-4-2-11(9-15)3-5-13;1-9(18)20-12-4-3-10(6-14)5-13(12)19-8-11-7-17(2)16-15-11;2*1-17-9-11(15-16-17)4-7-13(18)19-12-5-2-10(8-14)3-6-12/h7-8,10,12H,3-6,9,11H2,1-2H3;7-8,10H,4-6,9H2,1-3H3;5-6,8,10H,3-4,7,9H2,1-2H3;2-5,10H,6-9H2,1H3,(H,16,20);3-5,7H,6,8H2,1-2H3;2*2-3,5-6,9H,4,7-8H2,1H3. The molecule has 14 radical (unpaired) electrons. The molecule has 48 heteroatoms. The van der Waals surface area contributed by atoms with Crippen LogP contribution in [0.3, 0.4) is 0 Å². The predicted octanol–water partition coefficient (Wildman–Crippen LogP) is 10.7. The Labute approximate surface area is 889 Å². The molecule has 7 aromatic heterocycles. The van der Waals surface area contributed by atoms with E-state index in [1.54, 1.807) is 143 Å². The number of esters is 5. The average molecular weight is 2070 g/mol. The molecule has 7 heterocycles. The molecular weight excluding hydrogens is 1950 g/mol. The van der Waals surface area contributed by atoms with Gasteiger partial charge in [0.15, 0.2) is 51.1 Å². The Hall–Kier alpha value is -14.3. The number of nitrogens with zero attached hydrogens (tertiary/aromatic N) is 21. The average Bonchev–Trinajstić information content (AvgIpc) is 1.15. The maximum atomic E-state index is 11.8. The number of hydrogen-bond acceptors (Lipinski definition) is 33. The number of benzene rings is 7. The molecule has 768 valence electrons. The first-order valence-electron chi connectivity index (χ1n) is 47.7. The lowest BCUT2D eigenvalue weighted by molar-refractivity contribution is -0.135. The van der Waals surface area contributed by atoms with E-state index in [0.717, 1.165) is 134 Å². The number of rotatable bonds is 46. The maximum Gasteiger partial charge on any atom is 0.311 e. The number of amides is 1. The van der Waals surface area contributed by atoms with Crippen LogP contribution in [-0.4, -0.2) is 233 Å². The van der Waals surface area contributed by atoms with Gasteiger partial charge in [0.05, 0.1) is 134 Å². The molecule has 0 aliphatic rings. The Morgan fingerprint density at radius 2 is 0.738 bits per heavy atom. The Bertz CT molecular complexity index is 6370. The molecule has 0 aliphatic heterocycles. The summed E-state index contributed by atoms with van der Waals surface area (Å²) in [6.45, 7) is 10.2. The molecule has 7 aromatic carbocycles. The van der Waals surface area contributed by atoms with Gasteiger partial charge in [-0.1, -0.05) is 221 Å². The minimum atomic E-state index is -0.408. The van der Waals surface area contributed by atoms with Crippen molar-refractivity contribution in [2.75, 3.05) is 32.1 Å². The van der Waals surface area contributed by atoms with E-state index in [0.29, 0.717) is 160 Å². The van der Waals surface area contributed by atoms with Gasteiger partial charge in [-0.25, -0.2) is 0 Å². The summed E-state index contributed by atoms with van der Waals surface area (Å²) in [5.41, 5.74) is 13.5. The predicted molar refractivity (Wildman–Crippen MR) is 571 cm³/mol. The highest BCUT2D eigenvalue weighted by atomic mass is 33.1. The van der Waals surface area contributed by atoms with Crippen molar-refractivity contribution in [3.63, 3.8) is 0 Å². The van der Waals surface area contributed by atoms with Crippen LogP contribution >= 0.6 is 33.3 Å². The van der Waals surface area contributed by atoms with Crippen LogP contribution in [0.5, 0.6) is 51.7 Å². The van der Waals surface area contributed by atoms with E-state index in [1.807, 2.05) is 146 Å². The third-order valence-electron chi connectivity index (χ3n) is 20.4. The zero-order valence-electron chi connectivity index (χ0n) is 85.9. The molecule has 0 aliphatic carbocycles. The van der Waals surface area contributed by atoms with Crippen LogP contribution in [0.4, 0.5) is 0 Å². The van der Waals surface area contributed by atoms with E-state index < -0.39 is 5.97 Å². The van der Waals surface area contributed by atoms with E-state index in [4.69, 9.17) is 97.6 Å². The minimum Gasteiger partial charge on any atom is -0.490 e. The fourth-order valence-corrected chi connectivity index (χ4v) is 15.7. The number of thioether (sulfide) groups is 1. The van der Waals surface area contributed by atoms with Gasteiger partial charge in [0.1, 0.15) is 18.1 Å². The van der Waals surface area contributed by atoms with Crippen molar-refractivity contribution in [2.45, 2.75) is 179 Å². The van der Waals surface area contributed by atoms with Gasteiger partial charge in [-0.2, -0.15) is 0 Å². The lowest BCUT2D eigenvalue weighted by atomic mass is 9.95. The quantitative estimate of drug-likeness (QED) is 0.00924. The van der Waals surface area contributed by atoms with E-state index in [2.05, 4.69) is 89.6 Å². The Morgan fingerprint density at radius 3 is 1.13 bits per heavy atom. The highest BCUT2D eigenvalue weighted by Crippen LogP contribution is 2.36. The fourth-order valence-electron chi connectivity index (χ4n) is 13.0. The second-order valence-corrected chi connectivity index (χ2v) is 36.7. The number of aryl methyl sites for hydroxylation is 13. The van der Waals surface area contributed by atoms with Crippen molar-refractivity contribution >= 4 is 129 Å². The zero-order chi connectivity index (χ0) is 108. The second kappa shape index (κ2) is 66.1. The lowest BCUT2D eigenvalue weighted by Crippen LogP contribution is -2.27. The van der Waals surface area contributed by atoms with Crippen LogP contribution in [0.2, 0.25) is 0 Å². The Morgan fingerprint density at radius 1 is 0.369 bits per heavy atom. The molecule has 149 heavy (non-hydrogen) atoms.